The average molecular weight is 351 g/mol. The standard InChI is InChI=1S/C21H38N2O2/c1-16(2)20(24)13-22-9-5-18(6-10-22)21(14-25-15-21)19-7-11-23(12-8-19)17(3)4/h16-19H,5-15H2,1-4H3. The van der Waals surface area contributed by atoms with Crippen LogP contribution in [0.25, 0.3) is 0 Å². The van der Waals surface area contributed by atoms with Crippen molar-refractivity contribution in [3.8, 4) is 0 Å². The van der Waals surface area contributed by atoms with E-state index in [9.17, 15) is 4.79 Å². The number of piperidine rings is 2. The summed E-state index contributed by atoms with van der Waals surface area (Å²) in [6.45, 7) is 16.0. The predicted octanol–water partition coefficient (Wildman–Crippen LogP) is 3.06. The summed E-state index contributed by atoms with van der Waals surface area (Å²) in [5.41, 5.74) is 0.442. The fourth-order valence-electron chi connectivity index (χ4n) is 5.20. The van der Waals surface area contributed by atoms with Gasteiger partial charge in [0.05, 0.1) is 19.8 Å². The van der Waals surface area contributed by atoms with E-state index in [1.54, 1.807) is 0 Å². The number of hydrogen-bond acceptors (Lipinski definition) is 4. The maximum absolute atomic E-state index is 12.0. The Morgan fingerprint density at radius 2 is 1.48 bits per heavy atom. The third kappa shape index (κ3) is 4.12. The summed E-state index contributed by atoms with van der Waals surface area (Å²) in [7, 11) is 0. The van der Waals surface area contributed by atoms with Crippen molar-refractivity contribution < 1.29 is 9.53 Å². The van der Waals surface area contributed by atoms with E-state index in [0.29, 0.717) is 23.8 Å². The van der Waals surface area contributed by atoms with Gasteiger partial charge in [0.15, 0.2) is 0 Å². The van der Waals surface area contributed by atoms with Gasteiger partial charge in [0.1, 0.15) is 5.78 Å². The van der Waals surface area contributed by atoms with Crippen molar-refractivity contribution in [2.24, 2.45) is 23.2 Å². The minimum Gasteiger partial charge on any atom is -0.380 e. The van der Waals surface area contributed by atoms with Crippen molar-refractivity contribution in [2.45, 2.75) is 59.4 Å². The van der Waals surface area contributed by atoms with E-state index in [0.717, 1.165) is 38.1 Å². The van der Waals surface area contributed by atoms with Crippen LogP contribution in [0.2, 0.25) is 0 Å². The fraction of sp³-hybridized carbons (Fsp3) is 0.952. The first-order chi connectivity index (χ1) is 11.9. The van der Waals surface area contributed by atoms with E-state index in [-0.39, 0.29) is 5.92 Å². The number of ether oxygens (including phenoxy) is 1. The highest BCUT2D eigenvalue weighted by Gasteiger charge is 2.51. The lowest BCUT2D eigenvalue weighted by Crippen LogP contribution is -2.58. The lowest BCUT2D eigenvalue weighted by Gasteiger charge is -2.56. The van der Waals surface area contributed by atoms with Gasteiger partial charge in [-0.3, -0.25) is 9.69 Å². The van der Waals surface area contributed by atoms with Crippen LogP contribution in [0, 0.1) is 23.2 Å². The molecule has 4 heteroatoms. The second-order valence-corrected chi connectivity index (χ2v) is 9.30. The smallest absolute Gasteiger partial charge is 0.149 e. The van der Waals surface area contributed by atoms with Crippen molar-refractivity contribution in [1.82, 2.24) is 9.80 Å². The molecule has 3 rings (SSSR count). The number of rotatable bonds is 6. The van der Waals surface area contributed by atoms with Crippen LogP contribution in [-0.2, 0) is 9.53 Å². The van der Waals surface area contributed by atoms with Gasteiger partial charge >= 0.3 is 0 Å². The first-order valence-electron chi connectivity index (χ1n) is 10.5. The van der Waals surface area contributed by atoms with Crippen LogP contribution in [0.5, 0.6) is 0 Å². The minimum atomic E-state index is 0.162. The normalized spacial score (nSPS) is 27.0. The summed E-state index contributed by atoms with van der Waals surface area (Å²) in [5, 5.41) is 0. The predicted molar refractivity (Wildman–Crippen MR) is 102 cm³/mol. The molecule has 0 aliphatic carbocycles. The number of hydrogen-bond donors (Lipinski definition) is 0. The van der Waals surface area contributed by atoms with Gasteiger partial charge in [0, 0.05) is 17.4 Å². The summed E-state index contributed by atoms with van der Waals surface area (Å²) in [5.74, 6) is 2.18. The molecule has 0 spiro atoms. The molecule has 3 aliphatic heterocycles. The Hall–Kier alpha value is -0.450. The Labute approximate surface area is 154 Å². The van der Waals surface area contributed by atoms with Crippen LogP contribution in [0.15, 0.2) is 0 Å². The molecule has 0 amide bonds. The van der Waals surface area contributed by atoms with Gasteiger partial charge in [-0.15, -0.1) is 0 Å². The molecule has 3 heterocycles. The Morgan fingerprint density at radius 3 is 1.88 bits per heavy atom. The van der Waals surface area contributed by atoms with E-state index in [2.05, 4.69) is 23.6 Å². The first-order valence-corrected chi connectivity index (χ1v) is 10.5. The molecule has 0 radical (unpaired) electrons. The number of ketones is 1. The molecular formula is C21H38N2O2. The van der Waals surface area contributed by atoms with Crippen molar-refractivity contribution in [3.05, 3.63) is 0 Å². The summed E-state index contributed by atoms with van der Waals surface area (Å²) < 4.78 is 5.76. The molecular weight excluding hydrogens is 312 g/mol. The minimum absolute atomic E-state index is 0.162. The van der Waals surface area contributed by atoms with Crippen LogP contribution in [0.1, 0.15) is 53.4 Å². The summed E-state index contributed by atoms with van der Waals surface area (Å²) >= 11 is 0. The van der Waals surface area contributed by atoms with Gasteiger partial charge < -0.3 is 9.64 Å². The average Bonchev–Trinajstić information content (AvgIpc) is 2.55. The molecule has 3 aliphatic rings. The van der Waals surface area contributed by atoms with Crippen molar-refractivity contribution >= 4 is 5.78 Å². The molecule has 0 aromatic carbocycles. The molecule has 0 bridgehead atoms. The van der Waals surface area contributed by atoms with Crippen LogP contribution in [0.3, 0.4) is 0 Å². The third-order valence-corrected chi connectivity index (χ3v) is 7.24. The zero-order chi connectivity index (χ0) is 18.0. The largest absolute Gasteiger partial charge is 0.380 e. The third-order valence-electron chi connectivity index (χ3n) is 7.24. The molecule has 0 aromatic heterocycles. The van der Waals surface area contributed by atoms with E-state index >= 15 is 0 Å². The maximum atomic E-state index is 12.0. The van der Waals surface area contributed by atoms with Crippen molar-refractivity contribution in [2.75, 3.05) is 45.9 Å². The van der Waals surface area contributed by atoms with E-state index in [4.69, 9.17) is 4.74 Å². The van der Waals surface area contributed by atoms with Crippen LogP contribution in [-0.4, -0.2) is 67.6 Å². The second kappa shape index (κ2) is 8.06. The molecule has 25 heavy (non-hydrogen) atoms. The molecule has 4 nitrogen and oxygen atoms in total. The molecule has 0 unspecified atom stereocenters. The molecule has 3 fully saturated rings. The lowest BCUT2D eigenvalue weighted by molar-refractivity contribution is -0.195. The zero-order valence-electron chi connectivity index (χ0n) is 16.8. The quantitative estimate of drug-likeness (QED) is 0.737. The highest BCUT2D eigenvalue weighted by Crippen LogP contribution is 2.50. The molecule has 0 N–H and O–H groups in total. The van der Waals surface area contributed by atoms with E-state index in [1.807, 2.05) is 13.8 Å². The molecule has 3 saturated heterocycles. The first kappa shape index (κ1) is 19.3. The number of nitrogens with zero attached hydrogens (tertiary/aromatic N) is 2. The van der Waals surface area contributed by atoms with Gasteiger partial charge in [0.25, 0.3) is 0 Å². The summed E-state index contributed by atoms with van der Waals surface area (Å²) in [6, 6.07) is 0.677. The Bertz CT molecular complexity index is 443. The summed E-state index contributed by atoms with van der Waals surface area (Å²) in [6.07, 6.45) is 5.18. The number of likely N-dealkylation sites (tertiary alicyclic amines) is 2. The van der Waals surface area contributed by atoms with Crippen LogP contribution < -0.4 is 0 Å². The van der Waals surface area contributed by atoms with Gasteiger partial charge in [-0.25, -0.2) is 0 Å². The van der Waals surface area contributed by atoms with Gasteiger partial charge in [0.2, 0.25) is 0 Å². The molecule has 144 valence electrons. The monoisotopic (exact) mass is 350 g/mol. The topological polar surface area (TPSA) is 32.8 Å². The summed E-state index contributed by atoms with van der Waals surface area (Å²) in [4.78, 5) is 17.0. The number of Topliss-reactive ketones (excluding diaryl/α,β-unsaturated/α-hetero) is 1. The maximum Gasteiger partial charge on any atom is 0.149 e. The molecule has 0 atom stereocenters. The number of carbonyl (C=O) groups is 1. The zero-order valence-corrected chi connectivity index (χ0v) is 16.8. The van der Waals surface area contributed by atoms with Crippen LogP contribution >= 0.6 is 0 Å². The SMILES string of the molecule is CC(C)C(=O)CN1CCC(C2(C3CCN(C(C)C)CC3)COC2)CC1. The Morgan fingerprint density at radius 1 is 0.960 bits per heavy atom. The van der Waals surface area contributed by atoms with Gasteiger partial charge in [-0.1, -0.05) is 13.8 Å². The Kier molecular flexibility index (Phi) is 6.23. The molecule has 0 aromatic rings. The van der Waals surface area contributed by atoms with Crippen LogP contribution in [0.4, 0.5) is 0 Å². The van der Waals surface area contributed by atoms with E-state index in [1.165, 1.54) is 38.8 Å². The number of carbonyl (C=O) groups excluding carboxylic acids is 1. The van der Waals surface area contributed by atoms with Crippen molar-refractivity contribution in [3.63, 3.8) is 0 Å². The molecule has 0 saturated carbocycles. The lowest BCUT2D eigenvalue weighted by atomic mass is 9.59. The van der Waals surface area contributed by atoms with Gasteiger partial charge in [-0.05, 0) is 77.5 Å². The van der Waals surface area contributed by atoms with Gasteiger partial charge in [-0.2, -0.15) is 0 Å². The fourth-order valence-corrected chi connectivity index (χ4v) is 5.20. The highest BCUT2D eigenvalue weighted by atomic mass is 16.5. The highest BCUT2D eigenvalue weighted by molar-refractivity contribution is 5.82. The second-order valence-electron chi connectivity index (χ2n) is 9.30. The van der Waals surface area contributed by atoms with E-state index < -0.39 is 0 Å². The Balaban J connectivity index is 1.53. The van der Waals surface area contributed by atoms with Crippen molar-refractivity contribution in [1.29, 1.82) is 0 Å².